The summed E-state index contributed by atoms with van der Waals surface area (Å²) in [4.78, 5) is 38.9. The minimum Gasteiger partial charge on any atom is -0.422 e. The van der Waals surface area contributed by atoms with Gasteiger partial charge in [0, 0.05) is 26.2 Å². The highest BCUT2D eigenvalue weighted by atomic mass is 16.9. The van der Waals surface area contributed by atoms with E-state index < -0.39 is 29.7 Å². The van der Waals surface area contributed by atoms with Crippen molar-refractivity contribution in [2.24, 2.45) is 0 Å². The van der Waals surface area contributed by atoms with Crippen LogP contribution in [0.4, 0.5) is 0 Å². The van der Waals surface area contributed by atoms with Crippen molar-refractivity contribution >= 4 is 17.9 Å². The van der Waals surface area contributed by atoms with Crippen LogP contribution in [0.5, 0.6) is 0 Å². The molecule has 1 atom stereocenters. The summed E-state index contributed by atoms with van der Waals surface area (Å²) in [6.45, 7) is 7.73. The molecule has 0 amide bonds. The van der Waals surface area contributed by atoms with Crippen molar-refractivity contribution < 1.29 is 38.8 Å². The normalized spacial score (nSPS) is 13.0. The first-order chi connectivity index (χ1) is 31.6. The molecule has 0 rings (SSSR count). The molecule has 2 N–H and O–H groups in total. The maximum absolute atomic E-state index is 13.0. The Balaban J connectivity index is 4.79. The van der Waals surface area contributed by atoms with Gasteiger partial charge in [0.2, 0.25) is 0 Å². The van der Waals surface area contributed by atoms with Crippen molar-refractivity contribution in [1.82, 2.24) is 0 Å². The van der Waals surface area contributed by atoms with E-state index in [-0.39, 0.29) is 19.3 Å². The molecule has 65 heavy (non-hydrogen) atoms. The summed E-state index contributed by atoms with van der Waals surface area (Å²) in [7, 11) is 0. The standard InChI is InChI=1S/C57H104O8/c1-5-8-11-14-17-20-23-26-29-32-35-38-41-44-47-50-53(58)63-56(4,61)57(62,64-54(59)51-48-45-42-39-36-33-30-27-24-21-18-15-12-9-6-2)65-55(60)52-49-46-43-40-37-34-31-28-25-22-19-16-13-10-7-3/h26-31,61-62H,5-25,32-52H2,1-4H3/b29-26-,30-27-,31-28-. The van der Waals surface area contributed by atoms with Crippen LogP contribution in [0.1, 0.15) is 297 Å². The maximum atomic E-state index is 13.0. The van der Waals surface area contributed by atoms with Gasteiger partial charge in [-0.1, -0.05) is 211 Å². The lowest BCUT2D eigenvalue weighted by Gasteiger charge is -2.37. The second kappa shape index (κ2) is 46.7. The smallest absolute Gasteiger partial charge is 0.422 e. The van der Waals surface area contributed by atoms with Crippen molar-refractivity contribution in [3.63, 3.8) is 0 Å². The van der Waals surface area contributed by atoms with Crippen LogP contribution in [0, 0.1) is 0 Å². The molecule has 0 radical (unpaired) electrons. The fourth-order valence-corrected chi connectivity index (χ4v) is 7.98. The van der Waals surface area contributed by atoms with Gasteiger partial charge in [-0.2, -0.15) is 0 Å². The molecule has 0 aliphatic carbocycles. The van der Waals surface area contributed by atoms with Crippen LogP contribution < -0.4 is 0 Å². The van der Waals surface area contributed by atoms with Gasteiger partial charge in [0.05, 0.1) is 0 Å². The minimum absolute atomic E-state index is 0.0100. The first-order valence-electron chi connectivity index (χ1n) is 27.7. The van der Waals surface area contributed by atoms with Crippen LogP contribution in [0.3, 0.4) is 0 Å². The van der Waals surface area contributed by atoms with Gasteiger partial charge in [-0.15, -0.1) is 0 Å². The molecule has 0 fully saturated rings. The molecule has 0 heterocycles. The minimum atomic E-state index is -3.18. The van der Waals surface area contributed by atoms with Crippen molar-refractivity contribution in [1.29, 1.82) is 0 Å². The molecule has 380 valence electrons. The third-order valence-electron chi connectivity index (χ3n) is 12.3. The summed E-state index contributed by atoms with van der Waals surface area (Å²) in [5, 5.41) is 22.7. The lowest BCUT2D eigenvalue weighted by atomic mass is 10.1. The number of esters is 3. The van der Waals surface area contributed by atoms with Crippen LogP contribution >= 0.6 is 0 Å². The second-order valence-corrected chi connectivity index (χ2v) is 19.0. The maximum Gasteiger partial charge on any atom is 0.443 e. The molecule has 0 saturated heterocycles. The van der Waals surface area contributed by atoms with Gasteiger partial charge < -0.3 is 24.4 Å². The number of rotatable bonds is 49. The van der Waals surface area contributed by atoms with E-state index in [1.807, 2.05) is 0 Å². The van der Waals surface area contributed by atoms with E-state index in [0.717, 1.165) is 122 Å². The first-order valence-corrected chi connectivity index (χ1v) is 27.7. The van der Waals surface area contributed by atoms with Crippen molar-refractivity contribution in [2.75, 3.05) is 0 Å². The van der Waals surface area contributed by atoms with Gasteiger partial charge in [0.25, 0.3) is 0 Å². The highest BCUT2D eigenvalue weighted by Crippen LogP contribution is 2.30. The van der Waals surface area contributed by atoms with Gasteiger partial charge in [-0.25, -0.2) is 0 Å². The van der Waals surface area contributed by atoms with Crippen molar-refractivity contribution in [3.8, 4) is 0 Å². The summed E-state index contributed by atoms with van der Waals surface area (Å²) in [5.74, 6) is -8.43. The molecule has 0 aliphatic heterocycles. The van der Waals surface area contributed by atoms with Gasteiger partial charge in [0.1, 0.15) is 0 Å². The Kier molecular flexibility index (Phi) is 44.9. The Hall–Kier alpha value is -2.45. The number of hydrogen-bond donors (Lipinski definition) is 2. The molecule has 0 bridgehead atoms. The fraction of sp³-hybridized carbons (Fsp3) is 0.842. The molecule has 0 aromatic carbocycles. The molecule has 0 aromatic heterocycles. The summed E-state index contributed by atoms with van der Waals surface area (Å²) in [5.41, 5.74) is 0. The molecule has 8 nitrogen and oxygen atoms in total. The number of carbonyl (C=O) groups is 3. The van der Waals surface area contributed by atoms with E-state index in [9.17, 15) is 24.6 Å². The van der Waals surface area contributed by atoms with E-state index in [1.165, 1.54) is 116 Å². The number of unbranched alkanes of at least 4 members (excludes halogenated alkanes) is 33. The highest BCUT2D eigenvalue weighted by Gasteiger charge is 2.57. The van der Waals surface area contributed by atoms with Gasteiger partial charge in [0.15, 0.2) is 0 Å². The Morgan fingerprint density at radius 1 is 0.323 bits per heavy atom. The molecular weight excluding hydrogens is 813 g/mol. The van der Waals surface area contributed by atoms with Gasteiger partial charge in [-0.3, -0.25) is 14.4 Å². The second-order valence-electron chi connectivity index (χ2n) is 19.0. The third-order valence-corrected chi connectivity index (χ3v) is 12.3. The Labute approximate surface area is 401 Å². The molecule has 0 aliphatic rings. The summed E-state index contributed by atoms with van der Waals surface area (Å²) in [6, 6.07) is 0. The molecular formula is C57H104O8. The predicted molar refractivity (Wildman–Crippen MR) is 272 cm³/mol. The fourth-order valence-electron chi connectivity index (χ4n) is 7.98. The van der Waals surface area contributed by atoms with E-state index in [2.05, 4.69) is 57.2 Å². The summed E-state index contributed by atoms with van der Waals surface area (Å²) >= 11 is 0. The zero-order valence-corrected chi connectivity index (χ0v) is 43.0. The molecule has 0 saturated carbocycles. The SMILES string of the molecule is CCCCCCCC/C=C\CCCCCCCC(=O)OC(C)(O)C(O)(OC(=O)CCCCCCC/C=C\CCCCCCCC)OC(=O)CCCCCCC/C=C\CCCCCCCC. The zero-order chi connectivity index (χ0) is 47.8. The Morgan fingerprint density at radius 3 is 0.769 bits per heavy atom. The Morgan fingerprint density at radius 2 is 0.523 bits per heavy atom. The highest BCUT2D eigenvalue weighted by molar-refractivity contribution is 5.72. The molecule has 0 spiro atoms. The van der Waals surface area contributed by atoms with Crippen LogP contribution in [0.2, 0.25) is 0 Å². The van der Waals surface area contributed by atoms with Crippen LogP contribution in [-0.4, -0.2) is 39.9 Å². The van der Waals surface area contributed by atoms with Crippen LogP contribution in [0.15, 0.2) is 36.5 Å². The van der Waals surface area contributed by atoms with E-state index in [4.69, 9.17) is 14.2 Å². The number of allylic oxidation sites excluding steroid dienone is 6. The quantitative estimate of drug-likeness (QED) is 0.0268. The van der Waals surface area contributed by atoms with Gasteiger partial charge in [-0.05, 0) is 96.3 Å². The average Bonchev–Trinajstić information content (AvgIpc) is 3.27. The zero-order valence-electron chi connectivity index (χ0n) is 43.0. The topological polar surface area (TPSA) is 119 Å². The monoisotopic (exact) mass is 917 g/mol. The van der Waals surface area contributed by atoms with E-state index >= 15 is 0 Å². The lowest BCUT2D eigenvalue weighted by Crippen LogP contribution is -2.60. The van der Waals surface area contributed by atoms with Crippen molar-refractivity contribution in [2.45, 2.75) is 309 Å². The summed E-state index contributed by atoms with van der Waals surface area (Å²) in [6.07, 6.45) is 57.3. The summed E-state index contributed by atoms with van der Waals surface area (Å²) < 4.78 is 15.8. The van der Waals surface area contributed by atoms with Crippen LogP contribution in [-0.2, 0) is 28.6 Å². The largest absolute Gasteiger partial charge is 0.443 e. The average molecular weight is 917 g/mol. The number of carbonyl (C=O) groups excluding carboxylic acids is 3. The Bertz CT molecular complexity index is 1120. The number of hydrogen-bond acceptors (Lipinski definition) is 8. The molecule has 8 heteroatoms. The van der Waals surface area contributed by atoms with E-state index in [1.54, 1.807) is 0 Å². The van der Waals surface area contributed by atoms with Gasteiger partial charge >= 0.3 is 29.7 Å². The third kappa shape index (κ3) is 41.5. The first kappa shape index (κ1) is 62.5. The molecule has 1 unspecified atom stereocenters. The van der Waals surface area contributed by atoms with Crippen molar-refractivity contribution in [3.05, 3.63) is 36.5 Å². The lowest BCUT2D eigenvalue weighted by molar-refractivity contribution is -0.437. The van der Waals surface area contributed by atoms with E-state index in [0.29, 0.717) is 19.3 Å². The molecule has 0 aromatic rings. The van der Waals surface area contributed by atoms with Crippen LogP contribution in [0.25, 0.3) is 0 Å². The number of ether oxygens (including phenoxy) is 3. The predicted octanol–water partition coefficient (Wildman–Crippen LogP) is 17.1. The number of aliphatic hydroxyl groups is 2.